The Labute approximate surface area is 161 Å². The molecule has 0 radical (unpaired) electrons. The monoisotopic (exact) mass is 373 g/mol. The van der Waals surface area contributed by atoms with E-state index >= 15 is 0 Å². The smallest absolute Gasteiger partial charge is 0.229 e. The lowest BCUT2D eigenvalue weighted by Crippen LogP contribution is -2.39. The van der Waals surface area contributed by atoms with E-state index in [-0.39, 0.29) is 12.3 Å². The molecule has 4 aromatic rings. The fourth-order valence-electron chi connectivity index (χ4n) is 3.58. The van der Waals surface area contributed by atoms with Crippen LogP contribution in [-0.4, -0.2) is 36.9 Å². The standard InChI is InChI=1S/C21H19N5O2/c1-14-23-12-19(28-14)15-2-3-16-11-24-18(9-17(16)8-15)10-21(27)26-7-6-25-5-4-22-20(25)13-26/h2-5,8-9,11-12H,6-7,10,13H2,1H3. The topological polar surface area (TPSA) is 77.1 Å². The third kappa shape index (κ3) is 3.05. The molecular weight excluding hydrogens is 354 g/mol. The highest BCUT2D eigenvalue weighted by Crippen LogP contribution is 2.25. The van der Waals surface area contributed by atoms with Gasteiger partial charge >= 0.3 is 0 Å². The van der Waals surface area contributed by atoms with Gasteiger partial charge in [0, 0.05) is 49.6 Å². The molecule has 0 atom stereocenters. The number of oxazole rings is 1. The molecule has 5 rings (SSSR count). The Morgan fingerprint density at radius 3 is 2.89 bits per heavy atom. The summed E-state index contributed by atoms with van der Waals surface area (Å²) in [6, 6.07) is 8.02. The van der Waals surface area contributed by atoms with E-state index in [2.05, 4.69) is 19.5 Å². The van der Waals surface area contributed by atoms with E-state index in [4.69, 9.17) is 4.42 Å². The molecule has 0 fully saturated rings. The molecule has 3 aromatic heterocycles. The van der Waals surface area contributed by atoms with E-state index in [1.807, 2.05) is 48.5 Å². The Balaban J connectivity index is 1.38. The molecule has 4 heterocycles. The minimum absolute atomic E-state index is 0.0723. The maximum atomic E-state index is 12.8. The fourth-order valence-corrected chi connectivity index (χ4v) is 3.58. The van der Waals surface area contributed by atoms with Crippen LogP contribution < -0.4 is 0 Å². The molecule has 0 unspecified atom stereocenters. The van der Waals surface area contributed by atoms with Crippen LogP contribution in [0.4, 0.5) is 0 Å². The van der Waals surface area contributed by atoms with Crippen molar-refractivity contribution in [2.45, 2.75) is 26.4 Å². The van der Waals surface area contributed by atoms with Gasteiger partial charge in [0.2, 0.25) is 5.91 Å². The molecule has 0 bridgehead atoms. The average molecular weight is 373 g/mol. The minimum atomic E-state index is 0.0723. The SMILES string of the molecule is Cc1ncc(-c2ccc3cnc(CC(=O)N4CCn5ccnc5C4)cc3c2)o1. The number of carbonyl (C=O) groups is 1. The fraction of sp³-hybridized carbons (Fsp3) is 0.238. The van der Waals surface area contributed by atoms with Gasteiger partial charge in [0.1, 0.15) is 5.82 Å². The first-order valence-electron chi connectivity index (χ1n) is 9.25. The second-order valence-electron chi connectivity index (χ2n) is 7.01. The number of hydrogen-bond acceptors (Lipinski definition) is 5. The molecule has 28 heavy (non-hydrogen) atoms. The summed E-state index contributed by atoms with van der Waals surface area (Å²) in [7, 11) is 0. The normalized spacial score (nSPS) is 13.7. The summed E-state index contributed by atoms with van der Waals surface area (Å²) in [5.41, 5.74) is 1.72. The summed E-state index contributed by atoms with van der Waals surface area (Å²) in [5, 5.41) is 2.05. The number of aromatic nitrogens is 4. The molecule has 0 spiro atoms. The maximum Gasteiger partial charge on any atom is 0.229 e. The van der Waals surface area contributed by atoms with Crippen LogP contribution in [0.5, 0.6) is 0 Å². The molecule has 1 aliphatic rings. The van der Waals surface area contributed by atoms with Gasteiger partial charge in [0.05, 0.1) is 24.9 Å². The van der Waals surface area contributed by atoms with Gasteiger partial charge in [-0.25, -0.2) is 9.97 Å². The first-order chi connectivity index (χ1) is 13.7. The third-order valence-electron chi connectivity index (χ3n) is 5.11. The second kappa shape index (κ2) is 6.60. The molecule has 1 aromatic carbocycles. The van der Waals surface area contributed by atoms with Crippen molar-refractivity contribution in [3.8, 4) is 11.3 Å². The van der Waals surface area contributed by atoms with Crippen molar-refractivity contribution in [3.63, 3.8) is 0 Å². The number of hydrogen-bond donors (Lipinski definition) is 0. The minimum Gasteiger partial charge on any atom is -0.441 e. The van der Waals surface area contributed by atoms with E-state index in [0.29, 0.717) is 19.0 Å². The number of rotatable bonds is 3. The van der Waals surface area contributed by atoms with Crippen LogP contribution >= 0.6 is 0 Å². The summed E-state index contributed by atoms with van der Waals surface area (Å²) >= 11 is 0. The first-order valence-corrected chi connectivity index (χ1v) is 9.25. The van der Waals surface area contributed by atoms with Crippen molar-refractivity contribution in [1.29, 1.82) is 0 Å². The van der Waals surface area contributed by atoms with Crippen molar-refractivity contribution in [1.82, 2.24) is 24.4 Å². The highest BCUT2D eigenvalue weighted by molar-refractivity contribution is 5.87. The number of benzene rings is 1. The van der Waals surface area contributed by atoms with Crippen LogP contribution in [0.1, 0.15) is 17.4 Å². The van der Waals surface area contributed by atoms with Gasteiger partial charge in [-0.1, -0.05) is 12.1 Å². The van der Waals surface area contributed by atoms with E-state index in [0.717, 1.165) is 40.2 Å². The number of nitrogens with zero attached hydrogens (tertiary/aromatic N) is 5. The average Bonchev–Trinajstić information content (AvgIpc) is 3.35. The highest BCUT2D eigenvalue weighted by Gasteiger charge is 2.21. The Hall–Kier alpha value is -3.48. The van der Waals surface area contributed by atoms with Gasteiger partial charge in [-0.15, -0.1) is 0 Å². The summed E-state index contributed by atoms with van der Waals surface area (Å²) in [4.78, 5) is 27.6. The maximum absolute atomic E-state index is 12.8. The van der Waals surface area contributed by atoms with Gasteiger partial charge in [0.25, 0.3) is 0 Å². The van der Waals surface area contributed by atoms with Crippen LogP contribution in [0.2, 0.25) is 0 Å². The predicted molar refractivity (Wildman–Crippen MR) is 103 cm³/mol. The number of pyridine rings is 1. The molecule has 7 heteroatoms. The number of fused-ring (bicyclic) bond motifs is 2. The van der Waals surface area contributed by atoms with Crippen LogP contribution in [0.3, 0.4) is 0 Å². The van der Waals surface area contributed by atoms with Crippen molar-refractivity contribution in [2.75, 3.05) is 6.54 Å². The molecule has 1 aliphatic heterocycles. The van der Waals surface area contributed by atoms with Crippen LogP contribution in [-0.2, 0) is 24.3 Å². The second-order valence-corrected chi connectivity index (χ2v) is 7.01. The first kappa shape index (κ1) is 16.7. The number of carbonyl (C=O) groups excluding carboxylic acids is 1. The lowest BCUT2D eigenvalue weighted by molar-refractivity contribution is -0.132. The number of imidazole rings is 1. The molecule has 1 amide bonds. The van der Waals surface area contributed by atoms with Gasteiger partial charge in [-0.05, 0) is 17.5 Å². The Bertz CT molecular complexity index is 1180. The highest BCUT2D eigenvalue weighted by atomic mass is 16.4. The third-order valence-corrected chi connectivity index (χ3v) is 5.11. The van der Waals surface area contributed by atoms with Crippen molar-refractivity contribution < 1.29 is 9.21 Å². The van der Waals surface area contributed by atoms with Gasteiger partial charge in [-0.2, -0.15) is 0 Å². The molecule has 0 aliphatic carbocycles. The predicted octanol–water partition coefficient (Wildman–Crippen LogP) is 2.98. The van der Waals surface area contributed by atoms with Crippen LogP contribution in [0.15, 0.2) is 53.5 Å². The molecule has 7 nitrogen and oxygen atoms in total. The number of amides is 1. The summed E-state index contributed by atoms with van der Waals surface area (Å²) in [6.45, 7) is 3.86. The molecule has 0 N–H and O–H groups in total. The van der Waals surface area contributed by atoms with Crippen LogP contribution in [0.25, 0.3) is 22.1 Å². The molecular formula is C21H19N5O2. The zero-order valence-corrected chi connectivity index (χ0v) is 15.5. The molecule has 0 saturated heterocycles. The van der Waals surface area contributed by atoms with E-state index < -0.39 is 0 Å². The van der Waals surface area contributed by atoms with Crippen LogP contribution in [0, 0.1) is 6.92 Å². The van der Waals surface area contributed by atoms with E-state index in [1.54, 1.807) is 12.4 Å². The van der Waals surface area contributed by atoms with Crippen molar-refractivity contribution in [3.05, 3.63) is 66.5 Å². The lowest BCUT2D eigenvalue weighted by Gasteiger charge is -2.27. The van der Waals surface area contributed by atoms with Gasteiger partial charge < -0.3 is 13.9 Å². The van der Waals surface area contributed by atoms with E-state index in [1.165, 1.54) is 0 Å². The van der Waals surface area contributed by atoms with Crippen molar-refractivity contribution >= 4 is 16.7 Å². The zero-order valence-electron chi connectivity index (χ0n) is 15.5. The van der Waals surface area contributed by atoms with Gasteiger partial charge in [0.15, 0.2) is 11.7 Å². The van der Waals surface area contributed by atoms with Gasteiger partial charge in [-0.3, -0.25) is 9.78 Å². The summed E-state index contributed by atoms with van der Waals surface area (Å²) < 4.78 is 7.71. The molecule has 0 saturated carbocycles. The summed E-state index contributed by atoms with van der Waals surface area (Å²) in [5.74, 6) is 2.37. The Kier molecular flexibility index (Phi) is 3.93. The Morgan fingerprint density at radius 1 is 1.11 bits per heavy atom. The molecule has 140 valence electrons. The van der Waals surface area contributed by atoms with Crippen molar-refractivity contribution in [2.24, 2.45) is 0 Å². The lowest BCUT2D eigenvalue weighted by atomic mass is 10.1. The quantitative estimate of drug-likeness (QED) is 0.552. The van der Waals surface area contributed by atoms with E-state index in [9.17, 15) is 4.79 Å². The Morgan fingerprint density at radius 2 is 2.04 bits per heavy atom. The number of aryl methyl sites for hydroxylation is 1. The zero-order chi connectivity index (χ0) is 19.1. The largest absolute Gasteiger partial charge is 0.441 e. The summed E-state index contributed by atoms with van der Waals surface area (Å²) in [6.07, 6.45) is 7.55.